The summed E-state index contributed by atoms with van der Waals surface area (Å²) >= 11 is 0.976. The van der Waals surface area contributed by atoms with Crippen molar-refractivity contribution in [1.29, 1.82) is 0 Å². The highest BCUT2D eigenvalue weighted by Crippen LogP contribution is 2.34. The van der Waals surface area contributed by atoms with Gasteiger partial charge in [-0.25, -0.2) is 15.0 Å². The first-order valence-corrected chi connectivity index (χ1v) is 10.5. The second kappa shape index (κ2) is 8.13. The third-order valence-corrected chi connectivity index (χ3v) is 5.80. The Hall–Kier alpha value is -2.63. The van der Waals surface area contributed by atoms with Gasteiger partial charge in [0.05, 0.1) is 22.9 Å². The van der Waals surface area contributed by atoms with E-state index in [1.807, 2.05) is 0 Å². The molecule has 1 fully saturated rings. The molecule has 0 spiro atoms. The van der Waals surface area contributed by atoms with E-state index in [1.54, 1.807) is 27.7 Å². The molecule has 0 radical (unpaired) electrons. The van der Waals surface area contributed by atoms with Gasteiger partial charge in [0.1, 0.15) is 10.4 Å². The van der Waals surface area contributed by atoms with Crippen LogP contribution in [0.2, 0.25) is 0 Å². The number of hydrogen-bond acceptors (Lipinski definition) is 6. The molecule has 0 atom stereocenters. The summed E-state index contributed by atoms with van der Waals surface area (Å²) in [7, 11) is 0. The van der Waals surface area contributed by atoms with Gasteiger partial charge in [-0.15, -0.1) is 11.3 Å². The van der Waals surface area contributed by atoms with Gasteiger partial charge in [0.15, 0.2) is 0 Å². The molecule has 2 aromatic rings. The van der Waals surface area contributed by atoms with Crippen LogP contribution in [0.4, 0.5) is 18.0 Å². The van der Waals surface area contributed by atoms with Crippen molar-refractivity contribution in [2.24, 2.45) is 5.10 Å². The molecule has 31 heavy (non-hydrogen) atoms. The van der Waals surface area contributed by atoms with Crippen LogP contribution >= 0.6 is 11.3 Å². The van der Waals surface area contributed by atoms with Gasteiger partial charge in [-0.1, -0.05) is 0 Å². The standard InChI is InChI=1S/C19H23F3N4O4S/c1-10-12(9-23-24-16(28)30-18(2,3)4)31-15-13(10)14(27)26(11-5-6-11)17(29)25(15)8-7-19(20,21)22/h9,11H,5-8H2,1-4H3,(H,24,28). The predicted octanol–water partition coefficient (Wildman–Crippen LogP) is 3.68. The fourth-order valence-corrected chi connectivity index (χ4v) is 4.23. The summed E-state index contributed by atoms with van der Waals surface area (Å²) in [4.78, 5) is 38.1. The number of thiophene rings is 1. The van der Waals surface area contributed by atoms with E-state index in [-0.39, 0.29) is 16.3 Å². The average molecular weight is 460 g/mol. The Bertz CT molecular complexity index is 1150. The van der Waals surface area contributed by atoms with Gasteiger partial charge >= 0.3 is 18.0 Å². The van der Waals surface area contributed by atoms with Crippen LogP contribution in [-0.2, 0) is 11.3 Å². The lowest BCUT2D eigenvalue weighted by Crippen LogP contribution is -2.39. The maximum Gasteiger partial charge on any atom is 0.428 e. The van der Waals surface area contributed by atoms with E-state index >= 15 is 0 Å². The Morgan fingerprint density at radius 3 is 2.48 bits per heavy atom. The van der Waals surface area contributed by atoms with Crippen LogP contribution in [0.1, 0.15) is 56.5 Å². The molecule has 0 aromatic carbocycles. The van der Waals surface area contributed by atoms with E-state index in [0.717, 1.165) is 20.5 Å². The lowest BCUT2D eigenvalue weighted by atomic mass is 10.2. The molecule has 1 saturated carbocycles. The van der Waals surface area contributed by atoms with Crippen LogP contribution < -0.4 is 16.7 Å². The number of nitrogens with one attached hydrogen (secondary N) is 1. The highest BCUT2D eigenvalue weighted by Gasteiger charge is 2.32. The van der Waals surface area contributed by atoms with Crippen molar-refractivity contribution in [3.8, 4) is 0 Å². The predicted molar refractivity (Wildman–Crippen MR) is 111 cm³/mol. The van der Waals surface area contributed by atoms with E-state index in [1.165, 1.54) is 6.21 Å². The van der Waals surface area contributed by atoms with Gasteiger partial charge in [0.2, 0.25) is 0 Å². The van der Waals surface area contributed by atoms with Gasteiger partial charge in [-0.3, -0.25) is 13.9 Å². The number of carbonyl (C=O) groups excluding carboxylic acids is 1. The molecule has 0 bridgehead atoms. The van der Waals surface area contributed by atoms with Crippen LogP contribution in [0.5, 0.6) is 0 Å². The molecule has 0 saturated heterocycles. The van der Waals surface area contributed by atoms with Gasteiger partial charge in [0.25, 0.3) is 5.56 Å². The largest absolute Gasteiger partial charge is 0.443 e. The number of fused-ring (bicyclic) bond motifs is 1. The number of carbonyl (C=O) groups is 1. The van der Waals surface area contributed by atoms with Crippen molar-refractivity contribution < 1.29 is 22.7 Å². The first-order valence-electron chi connectivity index (χ1n) is 9.66. The Labute approximate surface area is 179 Å². The number of hydrazone groups is 1. The van der Waals surface area contributed by atoms with Crippen molar-refractivity contribution >= 4 is 33.9 Å². The van der Waals surface area contributed by atoms with E-state index in [0.29, 0.717) is 23.3 Å². The average Bonchev–Trinajstić information content (AvgIpc) is 3.37. The minimum absolute atomic E-state index is 0.160. The van der Waals surface area contributed by atoms with E-state index in [4.69, 9.17) is 4.74 Å². The molecular formula is C19H23F3N4O4S. The van der Waals surface area contributed by atoms with Gasteiger partial charge in [-0.05, 0) is 46.1 Å². The molecule has 2 aromatic heterocycles. The number of amides is 1. The zero-order chi connectivity index (χ0) is 23.1. The van der Waals surface area contributed by atoms with Crippen molar-refractivity contribution in [3.05, 3.63) is 31.3 Å². The first kappa shape index (κ1) is 23.0. The maximum absolute atomic E-state index is 13.0. The minimum atomic E-state index is -4.44. The summed E-state index contributed by atoms with van der Waals surface area (Å²) in [5, 5.41) is 4.00. The monoisotopic (exact) mass is 460 g/mol. The number of rotatable bonds is 5. The van der Waals surface area contributed by atoms with Gasteiger partial charge in [0, 0.05) is 12.6 Å². The number of aryl methyl sites for hydroxylation is 2. The third kappa shape index (κ3) is 5.35. The molecule has 2 heterocycles. The summed E-state index contributed by atoms with van der Waals surface area (Å²) in [6.45, 7) is 6.12. The summed E-state index contributed by atoms with van der Waals surface area (Å²) in [6, 6.07) is -0.285. The molecule has 1 aliphatic rings. The SMILES string of the molecule is Cc1c(C=NNC(=O)OC(C)(C)C)sc2c1c(=O)n(C1CC1)c(=O)n2CCC(F)(F)F. The van der Waals surface area contributed by atoms with Crippen LogP contribution in [-0.4, -0.2) is 33.2 Å². The Balaban J connectivity index is 2.02. The minimum Gasteiger partial charge on any atom is -0.443 e. The van der Waals surface area contributed by atoms with Crippen molar-refractivity contribution in [3.63, 3.8) is 0 Å². The topological polar surface area (TPSA) is 94.7 Å². The lowest BCUT2D eigenvalue weighted by molar-refractivity contribution is -0.136. The van der Waals surface area contributed by atoms with Gasteiger partial charge < -0.3 is 4.74 Å². The van der Waals surface area contributed by atoms with Crippen LogP contribution in [0, 0.1) is 6.92 Å². The molecule has 3 rings (SSSR count). The second-order valence-corrected chi connectivity index (χ2v) is 9.38. The number of aromatic nitrogens is 2. The van der Waals surface area contributed by atoms with Crippen molar-refractivity contribution in [2.75, 3.05) is 0 Å². The molecule has 170 valence electrons. The molecule has 12 heteroatoms. The smallest absolute Gasteiger partial charge is 0.428 e. The van der Waals surface area contributed by atoms with Gasteiger partial charge in [-0.2, -0.15) is 18.3 Å². The maximum atomic E-state index is 13.0. The second-order valence-electron chi connectivity index (χ2n) is 8.35. The van der Waals surface area contributed by atoms with Crippen molar-refractivity contribution in [2.45, 2.75) is 71.3 Å². The first-order chi connectivity index (χ1) is 14.3. The number of nitrogens with zero attached hydrogens (tertiary/aromatic N) is 3. The molecule has 8 nitrogen and oxygen atoms in total. The molecule has 1 amide bonds. The van der Waals surface area contributed by atoms with E-state index < -0.39 is 42.1 Å². The van der Waals surface area contributed by atoms with Crippen LogP contribution in [0.3, 0.4) is 0 Å². The van der Waals surface area contributed by atoms with E-state index in [2.05, 4.69) is 10.5 Å². The normalized spacial score (nSPS) is 15.1. The zero-order valence-corrected chi connectivity index (χ0v) is 18.3. The Morgan fingerprint density at radius 1 is 1.29 bits per heavy atom. The zero-order valence-electron chi connectivity index (χ0n) is 17.5. The Morgan fingerprint density at radius 2 is 1.94 bits per heavy atom. The Kier molecular flexibility index (Phi) is 6.05. The summed E-state index contributed by atoms with van der Waals surface area (Å²) in [5.41, 5.74) is 0.718. The summed E-state index contributed by atoms with van der Waals surface area (Å²) < 4.78 is 45.6. The van der Waals surface area contributed by atoms with E-state index in [9.17, 15) is 27.6 Å². The third-order valence-electron chi connectivity index (χ3n) is 4.55. The van der Waals surface area contributed by atoms with Crippen LogP contribution in [0.25, 0.3) is 10.2 Å². The van der Waals surface area contributed by atoms with Crippen LogP contribution in [0.15, 0.2) is 14.7 Å². The molecule has 1 aliphatic carbocycles. The number of hydrogen-bond donors (Lipinski definition) is 1. The number of ether oxygens (including phenoxy) is 1. The molecular weight excluding hydrogens is 437 g/mol. The summed E-state index contributed by atoms with van der Waals surface area (Å²) in [5.74, 6) is 0. The number of alkyl halides is 3. The highest BCUT2D eigenvalue weighted by molar-refractivity contribution is 7.20. The fraction of sp³-hybridized carbons (Fsp3) is 0.579. The fourth-order valence-electron chi connectivity index (χ4n) is 3.04. The molecule has 0 unspecified atom stereocenters. The summed E-state index contributed by atoms with van der Waals surface area (Å²) in [6.07, 6.45) is -3.86. The molecule has 0 aliphatic heterocycles. The van der Waals surface area contributed by atoms with Crippen molar-refractivity contribution in [1.82, 2.24) is 14.6 Å². The molecule has 1 N–H and O–H groups in total. The lowest BCUT2D eigenvalue weighted by Gasteiger charge is -2.18. The quantitative estimate of drug-likeness (QED) is 0.544. The number of halogens is 3. The highest BCUT2D eigenvalue weighted by atomic mass is 32.1.